The fourth-order valence-corrected chi connectivity index (χ4v) is 4.24. The van der Waals surface area contributed by atoms with Crippen molar-refractivity contribution in [2.75, 3.05) is 0 Å². The molecule has 5 nitrogen and oxygen atoms in total. The van der Waals surface area contributed by atoms with Gasteiger partial charge in [0, 0.05) is 6.20 Å². The van der Waals surface area contributed by atoms with Crippen LogP contribution in [0.3, 0.4) is 0 Å². The van der Waals surface area contributed by atoms with Crippen molar-refractivity contribution in [1.82, 2.24) is 14.5 Å². The Bertz CT molecular complexity index is 1050. The minimum Gasteiger partial charge on any atom is -0.241 e. The van der Waals surface area contributed by atoms with E-state index in [1.165, 1.54) is 5.56 Å². The predicted molar refractivity (Wildman–Crippen MR) is 102 cm³/mol. The molecule has 0 atom stereocenters. The van der Waals surface area contributed by atoms with Crippen LogP contribution in [0, 0.1) is 0 Å². The second-order valence-corrected chi connectivity index (χ2v) is 8.04. The number of para-hydroxylation sites is 1. The molecule has 2 aromatic carbocycles. The first-order valence-electron chi connectivity index (χ1n) is 8.50. The van der Waals surface area contributed by atoms with E-state index in [9.17, 15) is 8.42 Å². The van der Waals surface area contributed by atoms with Crippen LogP contribution in [0.2, 0.25) is 0 Å². The van der Waals surface area contributed by atoms with Crippen LogP contribution >= 0.6 is 0 Å². The number of fused-ring (bicyclic) bond motifs is 1. The summed E-state index contributed by atoms with van der Waals surface area (Å²) in [5.74, 6) is 0. The van der Waals surface area contributed by atoms with E-state index < -0.39 is 10.0 Å². The number of aromatic nitrogens is 2. The van der Waals surface area contributed by atoms with E-state index in [4.69, 9.17) is 0 Å². The maximum Gasteiger partial charge on any atom is 0.237 e. The first-order valence-corrected chi connectivity index (χ1v) is 9.98. The van der Waals surface area contributed by atoms with E-state index in [0.717, 1.165) is 17.7 Å². The topological polar surface area (TPSA) is 64.0 Å². The van der Waals surface area contributed by atoms with Crippen molar-refractivity contribution in [3.63, 3.8) is 0 Å². The van der Waals surface area contributed by atoms with Crippen LogP contribution in [0.1, 0.15) is 23.2 Å². The van der Waals surface area contributed by atoms with Gasteiger partial charge in [-0.25, -0.2) is 17.8 Å². The SMILES string of the molecule is O=S(=O)(NCc1ccn(-c2ccccc2)n1)C1=Cc2ccccc2CC1. The predicted octanol–water partition coefficient (Wildman–Crippen LogP) is 3.28. The number of sulfonamides is 1. The van der Waals surface area contributed by atoms with Crippen LogP contribution in [-0.4, -0.2) is 18.2 Å². The van der Waals surface area contributed by atoms with Crippen LogP contribution in [0.25, 0.3) is 11.8 Å². The Hall–Kier alpha value is -2.70. The Labute approximate surface area is 153 Å². The van der Waals surface area contributed by atoms with Crippen molar-refractivity contribution in [2.45, 2.75) is 19.4 Å². The summed E-state index contributed by atoms with van der Waals surface area (Å²) in [4.78, 5) is 0.429. The number of allylic oxidation sites excluding steroid dienone is 1. The van der Waals surface area contributed by atoms with Gasteiger partial charge in [0.05, 0.1) is 22.8 Å². The molecule has 1 N–H and O–H groups in total. The van der Waals surface area contributed by atoms with Gasteiger partial charge in [-0.3, -0.25) is 0 Å². The number of hydrogen-bond donors (Lipinski definition) is 1. The summed E-state index contributed by atoms with van der Waals surface area (Å²) >= 11 is 0. The third kappa shape index (κ3) is 3.47. The second-order valence-electron chi connectivity index (χ2n) is 6.22. The highest BCUT2D eigenvalue weighted by Crippen LogP contribution is 2.26. The lowest BCUT2D eigenvalue weighted by molar-refractivity contribution is 0.584. The number of hydrogen-bond acceptors (Lipinski definition) is 3. The first-order chi connectivity index (χ1) is 12.6. The molecule has 6 heteroatoms. The van der Waals surface area contributed by atoms with Crippen molar-refractivity contribution in [3.8, 4) is 5.69 Å². The van der Waals surface area contributed by atoms with Crippen molar-refractivity contribution >= 4 is 16.1 Å². The summed E-state index contributed by atoms with van der Waals surface area (Å²) in [5, 5.41) is 4.43. The van der Waals surface area contributed by atoms with Crippen LogP contribution in [0.15, 0.2) is 71.8 Å². The Morgan fingerprint density at radius 2 is 1.73 bits per heavy atom. The molecule has 1 aromatic heterocycles. The highest BCUT2D eigenvalue weighted by Gasteiger charge is 2.21. The molecule has 0 saturated carbocycles. The third-order valence-electron chi connectivity index (χ3n) is 4.47. The van der Waals surface area contributed by atoms with Gasteiger partial charge in [-0.2, -0.15) is 5.10 Å². The summed E-state index contributed by atoms with van der Waals surface area (Å²) in [5.41, 5.74) is 3.78. The lowest BCUT2D eigenvalue weighted by atomic mass is 9.98. The highest BCUT2D eigenvalue weighted by atomic mass is 32.2. The molecule has 0 unspecified atom stereocenters. The Kier molecular flexibility index (Phi) is 4.44. The summed E-state index contributed by atoms with van der Waals surface area (Å²) in [7, 11) is -3.52. The summed E-state index contributed by atoms with van der Waals surface area (Å²) in [6.07, 6.45) is 4.86. The fourth-order valence-electron chi connectivity index (χ4n) is 3.06. The van der Waals surface area contributed by atoms with E-state index in [2.05, 4.69) is 9.82 Å². The second kappa shape index (κ2) is 6.90. The zero-order chi connectivity index (χ0) is 18.0. The smallest absolute Gasteiger partial charge is 0.237 e. The first kappa shape index (κ1) is 16.8. The van der Waals surface area contributed by atoms with E-state index >= 15 is 0 Å². The van der Waals surface area contributed by atoms with Crippen molar-refractivity contribution in [3.05, 3.63) is 88.6 Å². The molecule has 26 heavy (non-hydrogen) atoms. The van der Waals surface area contributed by atoms with E-state index in [1.807, 2.05) is 66.9 Å². The van der Waals surface area contributed by atoms with Gasteiger partial charge in [0.2, 0.25) is 10.0 Å². The van der Waals surface area contributed by atoms with Gasteiger partial charge in [-0.1, -0.05) is 42.5 Å². The largest absolute Gasteiger partial charge is 0.241 e. The normalized spacial score (nSPS) is 13.9. The molecule has 0 saturated heterocycles. The lowest BCUT2D eigenvalue weighted by Gasteiger charge is -2.16. The minimum atomic E-state index is -3.52. The maximum atomic E-state index is 12.6. The van der Waals surface area contributed by atoms with Gasteiger partial charge in [-0.05, 0) is 48.2 Å². The molecule has 132 valence electrons. The average molecular weight is 365 g/mol. The zero-order valence-corrected chi connectivity index (χ0v) is 15.0. The number of benzene rings is 2. The monoisotopic (exact) mass is 365 g/mol. The Balaban J connectivity index is 1.48. The molecule has 0 bridgehead atoms. The quantitative estimate of drug-likeness (QED) is 0.755. The van der Waals surface area contributed by atoms with Gasteiger partial charge >= 0.3 is 0 Å². The molecule has 1 aliphatic rings. The molecular weight excluding hydrogens is 346 g/mol. The van der Waals surface area contributed by atoms with Gasteiger partial charge in [-0.15, -0.1) is 0 Å². The van der Waals surface area contributed by atoms with Crippen LogP contribution in [-0.2, 0) is 23.0 Å². The Morgan fingerprint density at radius 1 is 0.962 bits per heavy atom. The van der Waals surface area contributed by atoms with Crippen molar-refractivity contribution < 1.29 is 8.42 Å². The molecule has 0 spiro atoms. The molecular formula is C20H19N3O2S. The van der Waals surface area contributed by atoms with Crippen molar-refractivity contribution in [2.24, 2.45) is 0 Å². The molecule has 4 rings (SSSR count). The molecule has 1 heterocycles. The zero-order valence-electron chi connectivity index (χ0n) is 14.2. The minimum absolute atomic E-state index is 0.168. The molecule has 3 aromatic rings. The van der Waals surface area contributed by atoms with Crippen LogP contribution in [0.5, 0.6) is 0 Å². The van der Waals surface area contributed by atoms with Crippen molar-refractivity contribution in [1.29, 1.82) is 0 Å². The van der Waals surface area contributed by atoms with Gasteiger partial charge in [0.25, 0.3) is 0 Å². The van der Waals surface area contributed by atoms with Gasteiger partial charge in [0.1, 0.15) is 0 Å². The summed E-state index contributed by atoms with van der Waals surface area (Å²) in [6.45, 7) is 0.168. The Morgan fingerprint density at radius 3 is 2.58 bits per heavy atom. The third-order valence-corrected chi connectivity index (χ3v) is 6.00. The van der Waals surface area contributed by atoms with Crippen LogP contribution in [0.4, 0.5) is 0 Å². The molecule has 0 fully saturated rings. The fraction of sp³-hybridized carbons (Fsp3) is 0.150. The lowest BCUT2D eigenvalue weighted by Crippen LogP contribution is -2.26. The standard InChI is InChI=1S/C20H19N3O2S/c24-26(25,20-11-10-16-6-4-5-7-17(16)14-20)21-15-18-12-13-23(22-18)19-8-2-1-3-9-19/h1-9,12-14,21H,10-11,15H2. The van der Waals surface area contributed by atoms with E-state index in [-0.39, 0.29) is 6.54 Å². The molecule has 0 amide bonds. The van der Waals surface area contributed by atoms with Gasteiger partial charge < -0.3 is 0 Å². The molecule has 1 aliphatic carbocycles. The highest BCUT2D eigenvalue weighted by molar-refractivity contribution is 7.93. The van der Waals surface area contributed by atoms with Gasteiger partial charge in [0.15, 0.2) is 0 Å². The number of aryl methyl sites for hydroxylation is 1. The molecule has 0 aliphatic heterocycles. The van der Waals surface area contributed by atoms with Crippen LogP contribution < -0.4 is 4.72 Å². The summed E-state index contributed by atoms with van der Waals surface area (Å²) in [6, 6.07) is 19.4. The van der Waals surface area contributed by atoms with E-state index in [1.54, 1.807) is 10.8 Å². The molecule has 0 radical (unpaired) electrons. The number of rotatable bonds is 5. The maximum absolute atomic E-state index is 12.6. The number of nitrogens with zero attached hydrogens (tertiary/aromatic N) is 2. The average Bonchev–Trinajstić information content (AvgIpc) is 3.16. The number of nitrogens with one attached hydrogen (secondary N) is 1. The summed E-state index contributed by atoms with van der Waals surface area (Å²) < 4.78 is 29.7. The van der Waals surface area contributed by atoms with E-state index in [0.29, 0.717) is 17.0 Å².